The van der Waals surface area contributed by atoms with Crippen molar-refractivity contribution in [1.82, 2.24) is 0 Å². The third-order valence-corrected chi connectivity index (χ3v) is 3.92. The molecular weight excluding hydrogens is 334 g/mol. The zero-order valence-electron chi connectivity index (χ0n) is 15.3. The van der Waals surface area contributed by atoms with Crippen LogP contribution < -0.4 is 24.8 Å². The summed E-state index contributed by atoms with van der Waals surface area (Å²) in [5.41, 5.74) is 3.58. The van der Waals surface area contributed by atoms with E-state index in [-0.39, 0.29) is 6.61 Å². The van der Waals surface area contributed by atoms with Gasteiger partial charge in [-0.3, -0.25) is 0 Å². The van der Waals surface area contributed by atoms with Crippen molar-refractivity contribution in [2.75, 3.05) is 45.1 Å². The number of anilines is 3. The maximum Gasteiger partial charge on any atom is 0.203 e. The van der Waals surface area contributed by atoms with Crippen LogP contribution in [0.4, 0.5) is 17.1 Å². The van der Waals surface area contributed by atoms with Gasteiger partial charge in [0.15, 0.2) is 11.5 Å². The SMILES string of the molecule is COc1cc(Nc2ccc(C#N)c(NCCO)c2)c(C)c(OC)c1OC. The molecule has 0 aliphatic carbocycles. The van der Waals surface area contributed by atoms with Gasteiger partial charge in [-0.15, -0.1) is 0 Å². The van der Waals surface area contributed by atoms with Crippen LogP contribution in [0.5, 0.6) is 17.2 Å². The van der Waals surface area contributed by atoms with Crippen molar-refractivity contribution in [3.63, 3.8) is 0 Å². The van der Waals surface area contributed by atoms with Gasteiger partial charge in [-0.25, -0.2) is 0 Å². The van der Waals surface area contributed by atoms with Crippen LogP contribution in [0.3, 0.4) is 0 Å². The van der Waals surface area contributed by atoms with Crippen LogP contribution in [-0.4, -0.2) is 39.6 Å². The Balaban J connectivity index is 2.43. The normalized spacial score (nSPS) is 10.0. The van der Waals surface area contributed by atoms with Crippen molar-refractivity contribution >= 4 is 17.1 Å². The first kappa shape index (κ1) is 19.2. The van der Waals surface area contributed by atoms with Gasteiger partial charge < -0.3 is 30.0 Å². The summed E-state index contributed by atoms with van der Waals surface area (Å²) in [5.74, 6) is 1.66. The number of methoxy groups -OCH3 is 3. The van der Waals surface area contributed by atoms with E-state index in [4.69, 9.17) is 19.3 Å². The number of rotatable bonds is 8. The number of nitrogens with zero attached hydrogens (tertiary/aromatic N) is 1. The number of hydrogen-bond acceptors (Lipinski definition) is 7. The number of aliphatic hydroxyl groups excluding tert-OH is 1. The second-order valence-electron chi connectivity index (χ2n) is 5.47. The van der Waals surface area contributed by atoms with Crippen molar-refractivity contribution in [2.24, 2.45) is 0 Å². The molecule has 0 bridgehead atoms. The Morgan fingerprint density at radius 1 is 1.04 bits per heavy atom. The van der Waals surface area contributed by atoms with Crippen molar-refractivity contribution < 1.29 is 19.3 Å². The van der Waals surface area contributed by atoms with Gasteiger partial charge in [-0.2, -0.15) is 5.26 Å². The fourth-order valence-electron chi connectivity index (χ4n) is 2.64. The lowest BCUT2D eigenvalue weighted by Gasteiger charge is -2.19. The predicted octanol–water partition coefficient (Wildman–Crippen LogP) is 3.04. The highest BCUT2D eigenvalue weighted by Crippen LogP contribution is 2.44. The smallest absolute Gasteiger partial charge is 0.203 e. The summed E-state index contributed by atoms with van der Waals surface area (Å²) in [4.78, 5) is 0. The quantitative estimate of drug-likeness (QED) is 0.668. The molecule has 0 saturated heterocycles. The third-order valence-electron chi connectivity index (χ3n) is 3.92. The molecule has 0 aromatic heterocycles. The topological polar surface area (TPSA) is 95.8 Å². The first-order valence-corrected chi connectivity index (χ1v) is 8.05. The fourth-order valence-corrected chi connectivity index (χ4v) is 2.64. The van der Waals surface area contributed by atoms with E-state index in [1.165, 1.54) is 0 Å². The molecule has 7 nitrogen and oxygen atoms in total. The van der Waals surface area contributed by atoms with Crippen LogP contribution in [0.25, 0.3) is 0 Å². The first-order chi connectivity index (χ1) is 12.6. The molecule has 0 atom stereocenters. The summed E-state index contributed by atoms with van der Waals surface area (Å²) in [6.07, 6.45) is 0. The van der Waals surface area contributed by atoms with Gasteiger partial charge in [0.1, 0.15) is 6.07 Å². The Morgan fingerprint density at radius 3 is 2.35 bits per heavy atom. The highest BCUT2D eigenvalue weighted by atomic mass is 16.5. The number of nitriles is 1. The van der Waals surface area contributed by atoms with Crippen LogP contribution in [0.1, 0.15) is 11.1 Å². The molecule has 0 radical (unpaired) electrons. The molecule has 26 heavy (non-hydrogen) atoms. The van der Waals surface area contributed by atoms with E-state index in [1.807, 2.05) is 25.1 Å². The van der Waals surface area contributed by atoms with E-state index in [0.717, 1.165) is 16.9 Å². The van der Waals surface area contributed by atoms with Gasteiger partial charge in [0, 0.05) is 29.5 Å². The maximum absolute atomic E-state index is 9.22. The number of aliphatic hydroxyl groups is 1. The number of nitrogens with one attached hydrogen (secondary N) is 2. The molecule has 0 heterocycles. The van der Waals surface area contributed by atoms with Crippen molar-refractivity contribution in [2.45, 2.75) is 6.92 Å². The lowest BCUT2D eigenvalue weighted by atomic mass is 10.1. The summed E-state index contributed by atoms with van der Waals surface area (Å²) in [6.45, 7) is 2.26. The minimum atomic E-state index is -0.0193. The predicted molar refractivity (Wildman–Crippen MR) is 101 cm³/mol. The second-order valence-corrected chi connectivity index (χ2v) is 5.47. The van der Waals surface area contributed by atoms with Gasteiger partial charge >= 0.3 is 0 Å². The average Bonchev–Trinajstić information content (AvgIpc) is 2.67. The monoisotopic (exact) mass is 357 g/mol. The largest absolute Gasteiger partial charge is 0.493 e. The Kier molecular flexibility index (Phi) is 6.53. The molecule has 3 N–H and O–H groups in total. The minimum absolute atomic E-state index is 0.0193. The van der Waals surface area contributed by atoms with Crippen molar-refractivity contribution in [1.29, 1.82) is 5.26 Å². The van der Waals surface area contributed by atoms with Crippen LogP contribution in [0.2, 0.25) is 0 Å². The van der Waals surface area contributed by atoms with Gasteiger partial charge in [-0.05, 0) is 25.1 Å². The molecule has 2 aromatic carbocycles. The van der Waals surface area contributed by atoms with Gasteiger partial charge in [0.25, 0.3) is 0 Å². The number of ether oxygens (including phenoxy) is 3. The van der Waals surface area contributed by atoms with E-state index in [1.54, 1.807) is 27.4 Å². The van der Waals surface area contributed by atoms with Crippen LogP contribution in [0, 0.1) is 18.3 Å². The van der Waals surface area contributed by atoms with Crippen LogP contribution in [0.15, 0.2) is 24.3 Å². The lowest BCUT2D eigenvalue weighted by Crippen LogP contribution is -2.07. The molecule has 138 valence electrons. The Morgan fingerprint density at radius 2 is 1.77 bits per heavy atom. The zero-order valence-corrected chi connectivity index (χ0v) is 15.3. The Bertz CT molecular complexity index is 815. The lowest BCUT2D eigenvalue weighted by molar-refractivity contribution is 0.311. The molecule has 0 unspecified atom stereocenters. The van der Waals surface area contributed by atoms with E-state index in [0.29, 0.717) is 35.0 Å². The Hall–Kier alpha value is -3.11. The van der Waals surface area contributed by atoms with Crippen molar-refractivity contribution in [3.05, 3.63) is 35.4 Å². The fraction of sp³-hybridized carbons (Fsp3) is 0.316. The van der Waals surface area contributed by atoms with E-state index >= 15 is 0 Å². The van der Waals surface area contributed by atoms with Crippen LogP contribution >= 0.6 is 0 Å². The molecule has 2 rings (SSSR count). The maximum atomic E-state index is 9.22. The van der Waals surface area contributed by atoms with E-state index < -0.39 is 0 Å². The molecule has 2 aromatic rings. The van der Waals surface area contributed by atoms with Gasteiger partial charge in [0.05, 0.1) is 39.2 Å². The molecule has 0 fully saturated rings. The molecular formula is C19H23N3O4. The third kappa shape index (κ3) is 3.92. The van der Waals surface area contributed by atoms with Gasteiger partial charge in [-0.1, -0.05) is 0 Å². The number of hydrogen-bond donors (Lipinski definition) is 3. The standard InChI is InChI=1S/C19H23N3O4/c1-12-15(10-17(24-2)19(26-4)18(12)25-3)22-14-6-5-13(11-20)16(9-14)21-7-8-23/h5-6,9-10,21-23H,7-8H2,1-4H3. The zero-order chi connectivity index (χ0) is 19.1. The molecule has 0 saturated carbocycles. The van der Waals surface area contributed by atoms with Crippen LogP contribution in [-0.2, 0) is 0 Å². The summed E-state index contributed by atoms with van der Waals surface area (Å²) in [6, 6.07) is 9.30. The summed E-state index contributed by atoms with van der Waals surface area (Å²) in [7, 11) is 4.70. The average molecular weight is 357 g/mol. The number of benzene rings is 2. The van der Waals surface area contributed by atoms with E-state index in [9.17, 15) is 5.26 Å². The second kappa shape index (κ2) is 8.83. The molecule has 0 amide bonds. The minimum Gasteiger partial charge on any atom is -0.493 e. The highest BCUT2D eigenvalue weighted by molar-refractivity contribution is 5.75. The van der Waals surface area contributed by atoms with E-state index in [2.05, 4.69) is 16.7 Å². The van der Waals surface area contributed by atoms with Crippen molar-refractivity contribution in [3.8, 4) is 23.3 Å². The Labute approximate surface area is 153 Å². The summed E-state index contributed by atoms with van der Waals surface area (Å²) < 4.78 is 16.3. The summed E-state index contributed by atoms with van der Waals surface area (Å²) in [5, 5.41) is 24.6. The molecule has 7 heteroatoms. The molecule has 0 aliphatic heterocycles. The molecule has 0 aliphatic rings. The summed E-state index contributed by atoms with van der Waals surface area (Å²) >= 11 is 0. The first-order valence-electron chi connectivity index (χ1n) is 8.05. The highest BCUT2D eigenvalue weighted by Gasteiger charge is 2.18. The van der Waals surface area contributed by atoms with Gasteiger partial charge in [0.2, 0.25) is 5.75 Å². The molecule has 0 spiro atoms.